The molecule has 2 nitrogen and oxygen atoms in total. The SMILES string of the molecule is [2H]c1ccc(N([2H])[2H])c(OC([2H])([2H])[2H])c1[2H]. The average molecular weight is 130 g/mol. The van der Waals surface area contributed by atoms with Crippen LogP contribution in [0.5, 0.6) is 5.75 Å². The number of anilines is 1. The maximum atomic E-state index is 7.45. The molecular formula is C7H9NO. The number of methoxy groups -OCH3 is 1. The fourth-order valence-electron chi connectivity index (χ4n) is 0.445. The molecule has 2 heteroatoms. The zero-order valence-corrected chi connectivity index (χ0v) is 4.51. The van der Waals surface area contributed by atoms with Crippen LogP contribution in [0.2, 0.25) is 2.82 Å². The fourth-order valence-corrected chi connectivity index (χ4v) is 0.445. The number of nitrogen functional groups attached to an aromatic ring is 1. The molecule has 0 aliphatic carbocycles. The molecule has 0 heterocycles. The molecule has 0 fully saturated rings. The zero-order chi connectivity index (χ0) is 12.5. The molecule has 0 aromatic heterocycles. The minimum absolute atomic E-state index is 0.137. The molecule has 0 spiro atoms. The molecule has 0 saturated carbocycles. The summed E-state index contributed by atoms with van der Waals surface area (Å²) in [6.07, 6.45) is 0. The quantitative estimate of drug-likeness (QED) is 0.612. The van der Waals surface area contributed by atoms with Crippen molar-refractivity contribution >= 4 is 5.69 Å². The molecule has 1 aromatic rings. The maximum absolute atomic E-state index is 7.45. The number of hydrogen-bond donors (Lipinski definition) is 1. The Kier molecular flexibility index (Phi) is 0.441. The lowest BCUT2D eigenvalue weighted by molar-refractivity contribution is 0.417. The van der Waals surface area contributed by atoms with Crippen LogP contribution in [0.1, 0.15) is 6.85 Å². The van der Waals surface area contributed by atoms with Gasteiger partial charge in [0.05, 0.1) is 19.6 Å². The summed E-state index contributed by atoms with van der Waals surface area (Å²) in [6, 6.07) is 1.68. The van der Waals surface area contributed by atoms with Crippen LogP contribution in [0, 0.1) is 0 Å². The van der Waals surface area contributed by atoms with E-state index in [2.05, 4.69) is 4.74 Å². The maximum Gasteiger partial charge on any atom is 0.156 e. The summed E-state index contributed by atoms with van der Waals surface area (Å²) in [5, 5.41) is 0. The molecule has 9 heavy (non-hydrogen) atoms. The number of para-hydroxylation sites is 2. The summed E-state index contributed by atoms with van der Waals surface area (Å²) in [5.74, 6) is -0.461. The van der Waals surface area contributed by atoms with E-state index in [9.17, 15) is 0 Å². The van der Waals surface area contributed by atoms with E-state index in [-0.39, 0.29) is 17.4 Å². The van der Waals surface area contributed by atoms with Gasteiger partial charge in [0.25, 0.3) is 0 Å². The van der Waals surface area contributed by atoms with Crippen LogP contribution >= 0.6 is 0 Å². The number of nitrogens with two attached hydrogens (primary N) is 1. The summed E-state index contributed by atoms with van der Waals surface area (Å²) in [5.41, 5.74) is -0.0597. The van der Waals surface area contributed by atoms with Crippen molar-refractivity contribution in [3.63, 3.8) is 0 Å². The summed E-state index contributed by atoms with van der Waals surface area (Å²) >= 11 is 0. The lowest BCUT2D eigenvalue weighted by Crippen LogP contribution is -1.89. The smallest absolute Gasteiger partial charge is 0.156 e. The van der Waals surface area contributed by atoms with Crippen molar-refractivity contribution in [2.24, 2.45) is 0 Å². The number of hydrogen-bond acceptors (Lipinski definition) is 2. The molecule has 48 valence electrons. The van der Waals surface area contributed by atoms with Gasteiger partial charge in [0.2, 0.25) is 0 Å². The fraction of sp³-hybridized carbons (Fsp3) is 0.143. The molecule has 0 saturated heterocycles. The highest BCUT2D eigenvalue weighted by atomic mass is 16.5. The van der Waals surface area contributed by atoms with Crippen molar-refractivity contribution in [1.82, 2.24) is 0 Å². The molecule has 0 radical (unpaired) electrons. The summed E-state index contributed by atoms with van der Waals surface area (Å²) < 4.78 is 54.0. The highest BCUT2D eigenvalue weighted by molar-refractivity contribution is 5.51. The molecule has 1 aromatic carbocycles. The Hall–Kier alpha value is -1.18. The number of ether oxygens (including phenoxy) is 1. The molecule has 0 amide bonds. The Morgan fingerprint density at radius 1 is 2.00 bits per heavy atom. The van der Waals surface area contributed by atoms with Gasteiger partial charge in [0, 0.05) is 0 Å². The third-order valence-electron chi connectivity index (χ3n) is 0.845. The van der Waals surface area contributed by atoms with E-state index < -0.39 is 18.8 Å². The number of rotatable bonds is 2. The predicted molar refractivity (Wildman–Crippen MR) is 37.4 cm³/mol. The van der Waals surface area contributed by atoms with Crippen LogP contribution in [0.15, 0.2) is 24.2 Å². The van der Waals surface area contributed by atoms with Crippen molar-refractivity contribution in [3.8, 4) is 5.75 Å². The topological polar surface area (TPSA) is 35.2 Å². The Labute approximate surface area is 64.2 Å². The molecular weight excluding hydrogens is 114 g/mol. The predicted octanol–water partition coefficient (Wildman–Crippen LogP) is 1.28. The first-order valence-corrected chi connectivity index (χ1v) is 2.29. The Morgan fingerprint density at radius 2 is 3.00 bits per heavy atom. The van der Waals surface area contributed by atoms with Gasteiger partial charge in [-0.25, -0.2) is 0 Å². The minimum atomic E-state index is -2.78. The van der Waals surface area contributed by atoms with Gasteiger partial charge in [0.15, 0.2) is 2.82 Å². The summed E-state index contributed by atoms with van der Waals surface area (Å²) in [6.45, 7) is 0. The molecule has 0 unspecified atom stereocenters. The Balaban J connectivity index is 3.26. The van der Waals surface area contributed by atoms with E-state index in [4.69, 9.17) is 9.68 Å². The standard InChI is InChI=1S/C7H9NO/c1-9-7-5-3-2-4-6(7)8/h2-5H,8H2,1H3/i1D3,3D,5D/hD2. The average Bonchev–Trinajstić information content (AvgIpc) is 2.10. The molecule has 1 rings (SSSR count). The van der Waals surface area contributed by atoms with Crippen molar-refractivity contribution in [2.45, 2.75) is 0 Å². The van der Waals surface area contributed by atoms with Crippen molar-refractivity contribution < 1.29 is 14.4 Å². The first-order valence-electron chi connectivity index (χ1n) is 5.69. The second-order valence-corrected chi connectivity index (χ2v) is 1.42. The Bertz CT molecular complexity index is 389. The van der Waals surface area contributed by atoms with Crippen LogP contribution < -0.4 is 10.5 Å². The van der Waals surface area contributed by atoms with Gasteiger partial charge < -0.3 is 10.5 Å². The largest absolute Gasteiger partial charge is 0.495 e. The van der Waals surface area contributed by atoms with E-state index in [0.717, 1.165) is 0 Å². The zero-order valence-electron chi connectivity index (χ0n) is 11.5. The van der Waals surface area contributed by atoms with Crippen LogP contribution in [0.4, 0.5) is 5.69 Å². The second-order valence-electron chi connectivity index (χ2n) is 1.42. The Morgan fingerprint density at radius 3 is 3.78 bits per heavy atom. The summed E-state index contributed by atoms with van der Waals surface area (Å²) in [7, 11) is -2.78. The van der Waals surface area contributed by atoms with E-state index in [1.54, 1.807) is 0 Å². The van der Waals surface area contributed by atoms with E-state index >= 15 is 0 Å². The first-order chi connectivity index (χ1) is 7.22. The highest BCUT2D eigenvalue weighted by Crippen LogP contribution is 2.18. The monoisotopic (exact) mass is 130 g/mol. The molecule has 0 aliphatic heterocycles. The lowest BCUT2D eigenvalue weighted by atomic mass is 10.3. The van der Waals surface area contributed by atoms with Gasteiger partial charge >= 0.3 is 0 Å². The molecule has 0 atom stereocenters. The molecule has 2 N–H and O–H groups in total. The van der Waals surface area contributed by atoms with E-state index in [0.29, 0.717) is 0 Å². The third-order valence-corrected chi connectivity index (χ3v) is 0.845. The van der Waals surface area contributed by atoms with Gasteiger partial charge in [-0.2, -0.15) is 0 Å². The first kappa shape index (κ1) is 1.66. The van der Waals surface area contributed by atoms with Crippen molar-refractivity contribution in [3.05, 3.63) is 24.2 Å². The van der Waals surface area contributed by atoms with Gasteiger partial charge in [-0.1, -0.05) is 12.1 Å². The minimum Gasteiger partial charge on any atom is -0.495 e. The van der Waals surface area contributed by atoms with Gasteiger partial charge in [-0.3, -0.25) is 0 Å². The molecule has 0 bridgehead atoms. The summed E-state index contributed by atoms with van der Waals surface area (Å²) in [4.78, 5) is 0. The van der Waals surface area contributed by atoms with Gasteiger partial charge in [-0.15, -0.1) is 0 Å². The van der Waals surface area contributed by atoms with Gasteiger partial charge in [0.1, 0.15) is 5.75 Å². The second kappa shape index (κ2) is 2.40. The van der Waals surface area contributed by atoms with Crippen molar-refractivity contribution in [1.29, 1.82) is 0 Å². The van der Waals surface area contributed by atoms with E-state index in [1.807, 2.05) is 0 Å². The number of benzene rings is 1. The van der Waals surface area contributed by atoms with Crippen molar-refractivity contribution in [2.75, 3.05) is 12.8 Å². The lowest BCUT2D eigenvalue weighted by Gasteiger charge is -2.00. The normalized spacial score (nSPS) is 21.1. The van der Waals surface area contributed by atoms with Gasteiger partial charge in [-0.05, 0) is 12.1 Å². The third kappa shape index (κ3) is 1.13. The van der Waals surface area contributed by atoms with Crippen LogP contribution in [-0.4, -0.2) is 7.04 Å². The van der Waals surface area contributed by atoms with E-state index in [1.165, 1.54) is 12.1 Å². The highest BCUT2D eigenvalue weighted by Gasteiger charge is 1.91. The molecule has 0 aliphatic rings. The van der Waals surface area contributed by atoms with Crippen LogP contribution in [-0.2, 0) is 0 Å². The van der Waals surface area contributed by atoms with Crippen LogP contribution in [0.3, 0.4) is 0 Å². The van der Waals surface area contributed by atoms with Crippen LogP contribution in [0.25, 0.3) is 0 Å².